The van der Waals surface area contributed by atoms with E-state index in [0.717, 1.165) is 24.6 Å². The van der Waals surface area contributed by atoms with Crippen molar-refractivity contribution < 1.29 is 36.2 Å². The summed E-state index contributed by atoms with van der Waals surface area (Å²) < 4.78 is 78.6. The first-order valence-corrected chi connectivity index (χ1v) is 11.9. The molecule has 1 aliphatic heterocycles. The van der Waals surface area contributed by atoms with E-state index in [4.69, 9.17) is 0 Å². The molecule has 36 heavy (non-hydrogen) atoms. The van der Waals surface area contributed by atoms with Crippen molar-refractivity contribution in [2.75, 3.05) is 6.54 Å². The van der Waals surface area contributed by atoms with Gasteiger partial charge in [-0.25, -0.2) is 0 Å². The fourth-order valence-electron chi connectivity index (χ4n) is 4.87. The number of alkyl halides is 6. The molecule has 0 spiro atoms. The molecule has 0 radical (unpaired) electrons. The van der Waals surface area contributed by atoms with Crippen LogP contribution >= 0.6 is 0 Å². The number of hydrogen-bond donors (Lipinski definition) is 1. The molecule has 2 aromatic rings. The Morgan fingerprint density at radius 3 is 2.19 bits per heavy atom. The molecule has 1 saturated heterocycles. The van der Waals surface area contributed by atoms with Crippen molar-refractivity contribution in [2.24, 2.45) is 11.8 Å². The summed E-state index contributed by atoms with van der Waals surface area (Å²) in [5, 5.41) is 9.30. The van der Waals surface area contributed by atoms with Gasteiger partial charge in [0.05, 0.1) is 5.56 Å². The minimum absolute atomic E-state index is 0.0521. The smallest absolute Gasteiger partial charge is 0.433 e. The van der Waals surface area contributed by atoms with Gasteiger partial charge in [0.25, 0.3) is 0 Å². The summed E-state index contributed by atoms with van der Waals surface area (Å²) >= 11 is 0. The third-order valence-electron chi connectivity index (χ3n) is 6.72. The fourth-order valence-corrected chi connectivity index (χ4v) is 4.87. The lowest BCUT2D eigenvalue weighted by Gasteiger charge is -2.44. The van der Waals surface area contributed by atoms with Gasteiger partial charge in [0.15, 0.2) is 0 Å². The van der Waals surface area contributed by atoms with Crippen LogP contribution in [0.2, 0.25) is 0 Å². The number of carboxylic acid groups (broad SMARTS) is 1. The van der Waals surface area contributed by atoms with Crippen LogP contribution in [0.3, 0.4) is 0 Å². The molecule has 0 unspecified atom stereocenters. The van der Waals surface area contributed by atoms with Crippen LogP contribution in [-0.4, -0.2) is 27.5 Å². The molecule has 198 valence electrons. The van der Waals surface area contributed by atoms with E-state index in [1.807, 2.05) is 13.8 Å². The van der Waals surface area contributed by atoms with E-state index in [9.17, 15) is 36.2 Å². The Labute approximate surface area is 206 Å². The quantitative estimate of drug-likeness (QED) is 0.369. The van der Waals surface area contributed by atoms with Crippen molar-refractivity contribution in [1.29, 1.82) is 0 Å². The number of nitrogens with zero attached hydrogens (tertiary/aromatic N) is 2. The summed E-state index contributed by atoms with van der Waals surface area (Å²) in [4.78, 5) is 17.1. The summed E-state index contributed by atoms with van der Waals surface area (Å²) in [7, 11) is 0. The molecule has 1 aromatic carbocycles. The summed E-state index contributed by atoms with van der Waals surface area (Å²) in [5.41, 5.74) is -0.558. The lowest BCUT2D eigenvalue weighted by atomic mass is 9.82. The van der Waals surface area contributed by atoms with Crippen molar-refractivity contribution >= 4 is 5.97 Å². The van der Waals surface area contributed by atoms with Gasteiger partial charge in [-0.05, 0) is 73.4 Å². The van der Waals surface area contributed by atoms with Gasteiger partial charge >= 0.3 is 18.3 Å². The number of aromatic nitrogens is 1. The molecule has 0 amide bonds. The Bertz CT molecular complexity index is 1000. The van der Waals surface area contributed by atoms with E-state index in [-0.39, 0.29) is 24.4 Å². The first-order valence-electron chi connectivity index (χ1n) is 11.9. The maximum absolute atomic E-state index is 13.1. The maximum atomic E-state index is 13.1. The lowest BCUT2D eigenvalue weighted by Crippen LogP contribution is -2.40. The average Bonchev–Trinajstić information content (AvgIpc) is 2.78. The Hall–Kier alpha value is -2.62. The zero-order chi connectivity index (χ0) is 26.7. The number of aliphatic carboxylic acids is 1. The van der Waals surface area contributed by atoms with E-state index < -0.39 is 29.6 Å². The second-order valence-corrected chi connectivity index (χ2v) is 9.82. The van der Waals surface area contributed by atoms with Crippen LogP contribution in [0.15, 0.2) is 42.6 Å². The number of carboxylic acids is 1. The highest BCUT2D eigenvalue weighted by Crippen LogP contribution is 2.43. The van der Waals surface area contributed by atoms with Crippen molar-refractivity contribution in [3.63, 3.8) is 0 Å². The molecule has 1 N–H and O–H groups in total. The van der Waals surface area contributed by atoms with Gasteiger partial charge in [-0.1, -0.05) is 32.0 Å². The zero-order valence-electron chi connectivity index (χ0n) is 20.1. The van der Waals surface area contributed by atoms with Crippen LogP contribution in [-0.2, 0) is 17.1 Å². The topological polar surface area (TPSA) is 53.4 Å². The number of benzene rings is 1. The lowest BCUT2D eigenvalue weighted by molar-refractivity contribution is -0.141. The van der Waals surface area contributed by atoms with Crippen molar-refractivity contribution in [3.05, 3.63) is 65.0 Å². The summed E-state index contributed by atoms with van der Waals surface area (Å²) in [6.45, 7) is 4.54. The van der Waals surface area contributed by atoms with Crippen molar-refractivity contribution in [1.82, 2.24) is 9.88 Å². The predicted octanol–water partition coefficient (Wildman–Crippen LogP) is 7.52. The van der Waals surface area contributed by atoms with Crippen LogP contribution in [0.5, 0.6) is 0 Å². The molecule has 1 aliphatic rings. The van der Waals surface area contributed by atoms with Gasteiger partial charge in [-0.15, -0.1) is 0 Å². The van der Waals surface area contributed by atoms with Crippen molar-refractivity contribution in [3.8, 4) is 0 Å². The molecule has 3 rings (SSSR count). The van der Waals surface area contributed by atoms with Crippen LogP contribution in [0, 0.1) is 11.8 Å². The van der Waals surface area contributed by atoms with Gasteiger partial charge < -0.3 is 5.11 Å². The van der Waals surface area contributed by atoms with E-state index in [2.05, 4.69) is 9.88 Å². The molecular formula is C26H30F6N2O2. The zero-order valence-corrected chi connectivity index (χ0v) is 20.1. The molecule has 10 heteroatoms. The highest BCUT2D eigenvalue weighted by atomic mass is 19.4. The predicted molar refractivity (Wildman–Crippen MR) is 122 cm³/mol. The highest BCUT2D eigenvalue weighted by Gasteiger charge is 2.37. The number of likely N-dealkylation sites (tertiary alicyclic amines) is 1. The molecule has 3 atom stereocenters. The molecule has 2 heterocycles. The largest absolute Gasteiger partial charge is 0.481 e. The SMILES string of the molecule is CC(C)CC[C@H](c1ccc(C(F)(F)F)nc1)N1CC[C@@H](CC(=O)O)C[C@H]1c1ccc(C(F)(F)F)cc1. The summed E-state index contributed by atoms with van der Waals surface area (Å²) in [6.07, 6.45) is -5.50. The van der Waals surface area contributed by atoms with E-state index >= 15 is 0 Å². The summed E-state index contributed by atoms with van der Waals surface area (Å²) in [6, 6.07) is 6.50. The number of hydrogen-bond acceptors (Lipinski definition) is 3. The first kappa shape index (κ1) is 28.0. The highest BCUT2D eigenvalue weighted by molar-refractivity contribution is 5.67. The number of carbonyl (C=O) groups is 1. The molecule has 0 bridgehead atoms. The minimum atomic E-state index is -4.57. The van der Waals surface area contributed by atoms with Crippen molar-refractivity contribution in [2.45, 2.75) is 70.4 Å². The van der Waals surface area contributed by atoms with Crippen LogP contribution in [0.25, 0.3) is 0 Å². The maximum Gasteiger partial charge on any atom is 0.433 e. The van der Waals surface area contributed by atoms with E-state index in [0.29, 0.717) is 42.9 Å². The molecule has 0 saturated carbocycles. The fraction of sp³-hybridized carbons (Fsp3) is 0.538. The number of rotatable bonds is 8. The number of halogens is 6. The minimum Gasteiger partial charge on any atom is -0.481 e. The molecular weight excluding hydrogens is 486 g/mol. The second-order valence-electron chi connectivity index (χ2n) is 9.82. The number of piperidine rings is 1. The third-order valence-corrected chi connectivity index (χ3v) is 6.72. The Morgan fingerprint density at radius 1 is 1.03 bits per heavy atom. The Balaban J connectivity index is 1.99. The Kier molecular flexibility index (Phi) is 8.69. The molecule has 0 aliphatic carbocycles. The van der Waals surface area contributed by atoms with Gasteiger partial charge in [-0.3, -0.25) is 14.7 Å². The normalized spacial score (nSPS) is 20.5. The van der Waals surface area contributed by atoms with Gasteiger partial charge in [0.2, 0.25) is 0 Å². The standard InChI is InChI=1S/C26H30F6N2O2/c1-16(2)3-9-21(19-6-10-23(33-15-19)26(30,31)32)34-12-11-17(14-24(35)36)13-22(34)18-4-7-20(8-5-18)25(27,28)29/h4-8,10,15-17,21-22H,3,9,11-14H2,1-2H3,(H,35,36)/t17-,21-,22+/m1/s1. The third kappa shape index (κ3) is 7.21. The van der Waals surface area contributed by atoms with Gasteiger partial charge in [-0.2, -0.15) is 26.3 Å². The Morgan fingerprint density at radius 2 is 1.69 bits per heavy atom. The molecule has 1 fully saturated rings. The van der Waals surface area contributed by atoms with Crippen LogP contribution in [0.4, 0.5) is 26.3 Å². The monoisotopic (exact) mass is 516 g/mol. The second kappa shape index (κ2) is 11.2. The average molecular weight is 517 g/mol. The molecule has 1 aromatic heterocycles. The molecule has 4 nitrogen and oxygen atoms in total. The first-order chi connectivity index (χ1) is 16.8. The van der Waals surface area contributed by atoms with Gasteiger partial charge in [0, 0.05) is 24.7 Å². The van der Waals surface area contributed by atoms with Gasteiger partial charge in [0.1, 0.15) is 5.69 Å². The van der Waals surface area contributed by atoms with E-state index in [1.54, 1.807) is 0 Å². The number of pyridine rings is 1. The van der Waals surface area contributed by atoms with Crippen LogP contribution < -0.4 is 0 Å². The summed E-state index contributed by atoms with van der Waals surface area (Å²) in [5.74, 6) is -0.783. The van der Waals surface area contributed by atoms with E-state index in [1.165, 1.54) is 24.4 Å². The van der Waals surface area contributed by atoms with Crippen LogP contribution in [0.1, 0.15) is 80.4 Å².